The second-order valence-corrected chi connectivity index (χ2v) is 11.3. The highest BCUT2D eigenvalue weighted by molar-refractivity contribution is 7.28. The van der Waals surface area contributed by atoms with Crippen molar-refractivity contribution in [1.29, 1.82) is 0 Å². The molecule has 3 heteroatoms. The van der Waals surface area contributed by atoms with Gasteiger partial charge in [0, 0.05) is 24.7 Å². The van der Waals surface area contributed by atoms with E-state index in [9.17, 15) is 0 Å². The van der Waals surface area contributed by atoms with Gasteiger partial charge in [0.1, 0.15) is 0 Å². The molecule has 0 aliphatic rings. The maximum Gasteiger partial charge on any atom is 0.255 e. The van der Waals surface area contributed by atoms with Crippen LogP contribution in [0, 0.1) is 41.5 Å². The Hall–Kier alpha value is -3.04. The van der Waals surface area contributed by atoms with E-state index in [2.05, 4.69) is 133 Å². The van der Waals surface area contributed by atoms with Crippen LogP contribution in [0.2, 0.25) is 0 Å². The van der Waals surface area contributed by atoms with Crippen molar-refractivity contribution in [3.63, 3.8) is 0 Å². The van der Waals surface area contributed by atoms with E-state index >= 15 is 0 Å². The zero-order valence-corrected chi connectivity index (χ0v) is 23.2. The maximum absolute atomic E-state index is 2.33. The Morgan fingerprint density at radius 1 is 0.629 bits per heavy atom. The Morgan fingerprint density at radius 3 is 1.57 bits per heavy atom. The van der Waals surface area contributed by atoms with E-state index in [0.29, 0.717) is 0 Å². The van der Waals surface area contributed by atoms with Crippen LogP contribution in [0.3, 0.4) is 0 Å². The van der Waals surface area contributed by atoms with Gasteiger partial charge in [-0.25, -0.2) is 0 Å². The molecule has 0 bridgehead atoms. The largest absolute Gasteiger partial charge is 0.378 e. The van der Waals surface area contributed by atoms with Gasteiger partial charge in [0.2, 0.25) is 0 Å². The van der Waals surface area contributed by atoms with Crippen LogP contribution in [0.1, 0.15) is 43.8 Å². The van der Waals surface area contributed by atoms with Gasteiger partial charge in [0.05, 0.1) is 0 Å². The molecular formula is C32H36BNS. The first kappa shape index (κ1) is 25.1. The van der Waals surface area contributed by atoms with Gasteiger partial charge in [-0.1, -0.05) is 92.8 Å². The minimum Gasteiger partial charge on any atom is -0.378 e. The van der Waals surface area contributed by atoms with Crippen LogP contribution in [0.4, 0.5) is 5.69 Å². The molecular weight excluding hydrogens is 441 g/mol. The van der Waals surface area contributed by atoms with E-state index in [4.69, 9.17) is 0 Å². The second-order valence-electron chi connectivity index (χ2n) is 10.1. The summed E-state index contributed by atoms with van der Waals surface area (Å²) in [6.07, 6.45) is 4.47. The highest BCUT2D eigenvalue weighted by Gasteiger charge is 2.29. The van der Waals surface area contributed by atoms with Crippen molar-refractivity contribution in [2.75, 3.05) is 19.0 Å². The summed E-state index contributed by atoms with van der Waals surface area (Å²) < 4.78 is 1.40. The molecule has 1 heterocycles. The minimum atomic E-state index is 0.239. The van der Waals surface area contributed by atoms with Gasteiger partial charge in [0.15, 0.2) is 0 Å². The van der Waals surface area contributed by atoms with E-state index in [1.54, 1.807) is 0 Å². The smallest absolute Gasteiger partial charge is 0.255 e. The van der Waals surface area contributed by atoms with Crippen molar-refractivity contribution < 1.29 is 0 Å². The molecule has 0 unspecified atom stereocenters. The van der Waals surface area contributed by atoms with Crippen molar-refractivity contribution >= 4 is 51.6 Å². The third kappa shape index (κ3) is 5.46. The molecule has 0 saturated carbocycles. The first-order valence-electron chi connectivity index (χ1n) is 12.3. The molecule has 0 radical (unpaired) electrons. The fourth-order valence-electron chi connectivity index (χ4n) is 5.40. The van der Waals surface area contributed by atoms with E-state index in [0.717, 1.165) is 0 Å². The topological polar surface area (TPSA) is 3.24 Å². The number of hydrogen-bond acceptors (Lipinski definition) is 2. The lowest BCUT2D eigenvalue weighted by Crippen LogP contribution is -2.54. The van der Waals surface area contributed by atoms with Gasteiger partial charge in [0.25, 0.3) is 6.71 Å². The van der Waals surface area contributed by atoms with Gasteiger partial charge in [-0.3, -0.25) is 0 Å². The molecule has 178 valence electrons. The lowest BCUT2D eigenvalue weighted by atomic mass is 9.37. The molecule has 0 N–H and O–H groups in total. The zero-order chi connectivity index (χ0) is 25.3. The van der Waals surface area contributed by atoms with E-state index in [-0.39, 0.29) is 6.71 Å². The van der Waals surface area contributed by atoms with Crippen LogP contribution < -0.4 is 20.6 Å². The number of rotatable bonds is 6. The van der Waals surface area contributed by atoms with E-state index < -0.39 is 0 Å². The SMILES string of the molecule is Cc1cc(C)c(B(c2ccc(/C=C/c3ccc(N(C)C)cc3)s2)c2c(C)cc(C)cc2C)c(C)c1. The van der Waals surface area contributed by atoms with Crippen LogP contribution in [0.15, 0.2) is 60.7 Å². The van der Waals surface area contributed by atoms with Crippen molar-refractivity contribution in [3.05, 3.63) is 104 Å². The van der Waals surface area contributed by atoms with Gasteiger partial charge in [-0.05, 0) is 76.2 Å². The van der Waals surface area contributed by atoms with Gasteiger partial charge in [-0.2, -0.15) is 0 Å². The molecule has 1 aromatic heterocycles. The summed E-state index contributed by atoms with van der Waals surface area (Å²) in [6, 6.07) is 22.6. The van der Waals surface area contributed by atoms with Crippen LogP contribution in [0.25, 0.3) is 12.2 Å². The Labute approximate surface area is 216 Å². The molecule has 4 rings (SSSR count). The molecule has 0 aliphatic heterocycles. The van der Waals surface area contributed by atoms with Crippen molar-refractivity contribution in [2.45, 2.75) is 41.5 Å². The number of hydrogen-bond donors (Lipinski definition) is 0. The molecule has 0 fully saturated rings. The number of benzene rings is 3. The quantitative estimate of drug-likeness (QED) is 0.293. The minimum absolute atomic E-state index is 0.239. The number of thiophene rings is 1. The standard InChI is InChI=1S/C32H36BNS/c1-21-17-23(3)31(24(4)18-21)33(32-25(5)19-22(2)20-26(32)6)30-16-15-29(35-30)14-11-27-9-12-28(13-10-27)34(7)8/h9-20H,1-8H3/b14-11+. The number of anilines is 1. The summed E-state index contributed by atoms with van der Waals surface area (Å²) >= 11 is 1.91. The summed E-state index contributed by atoms with van der Waals surface area (Å²) in [4.78, 5) is 3.41. The molecule has 0 atom stereocenters. The molecule has 1 nitrogen and oxygen atoms in total. The van der Waals surface area contributed by atoms with E-state index in [1.807, 2.05) is 11.3 Å². The fourth-order valence-corrected chi connectivity index (χ4v) is 6.43. The fraction of sp³-hybridized carbons (Fsp3) is 0.250. The summed E-state index contributed by atoms with van der Waals surface area (Å²) in [7, 11) is 4.15. The van der Waals surface area contributed by atoms with E-state index in [1.165, 1.54) is 65.2 Å². The van der Waals surface area contributed by atoms with Crippen molar-refractivity contribution in [2.24, 2.45) is 0 Å². The molecule has 0 aliphatic carbocycles. The molecule has 4 aromatic rings. The number of nitrogens with zero attached hydrogens (tertiary/aromatic N) is 1. The van der Waals surface area contributed by atoms with Crippen LogP contribution in [0.5, 0.6) is 0 Å². The molecule has 0 amide bonds. The normalized spacial score (nSPS) is 11.3. The Bertz CT molecular complexity index is 1270. The van der Waals surface area contributed by atoms with Crippen molar-refractivity contribution in [1.82, 2.24) is 0 Å². The average molecular weight is 478 g/mol. The Kier molecular flexibility index (Phi) is 7.37. The predicted octanol–water partition coefficient (Wildman–Crippen LogP) is 6.35. The first-order valence-corrected chi connectivity index (χ1v) is 13.2. The van der Waals surface area contributed by atoms with Crippen molar-refractivity contribution in [3.8, 4) is 0 Å². The maximum atomic E-state index is 2.33. The van der Waals surface area contributed by atoms with Gasteiger partial charge < -0.3 is 4.90 Å². The van der Waals surface area contributed by atoms with Gasteiger partial charge >= 0.3 is 0 Å². The molecule has 35 heavy (non-hydrogen) atoms. The highest BCUT2D eigenvalue weighted by Crippen LogP contribution is 2.19. The molecule has 3 aromatic carbocycles. The predicted molar refractivity (Wildman–Crippen MR) is 160 cm³/mol. The number of aryl methyl sites for hydroxylation is 6. The highest BCUT2D eigenvalue weighted by atomic mass is 32.1. The lowest BCUT2D eigenvalue weighted by molar-refractivity contribution is 1.13. The van der Waals surface area contributed by atoms with Crippen LogP contribution in [-0.2, 0) is 0 Å². The Morgan fingerprint density at radius 2 is 1.11 bits per heavy atom. The van der Waals surface area contributed by atoms with Crippen LogP contribution in [-0.4, -0.2) is 20.8 Å². The summed E-state index contributed by atoms with van der Waals surface area (Å²) in [6.45, 7) is 13.7. The molecule has 0 saturated heterocycles. The lowest BCUT2D eigenvalue weighted by Gasteiger charge is -2.23. The third-order valence-corrected chi connectivity index (χ3v) is 7.95. The average Bonchev–Trinajstić information content (AvgIpc) is 3.24. The summed E-state index contributed by atoms with van der Waals surface area (Å²) in [5, 5.41) is 0. The third-order valence-electron chi connectivity index (χ3n) is 6.84. The van der Waals surface area contributed by atoms with Crippen LogP contribution >= 0.6 is 11.3 Å². The summed E-state index contributed by atoms with van der Waals surface area (Å²) in [5.41, 5.74) is 13.5. The first-order chi connectivity index (χ1) is 16.6. The monoisotopic (exact) mass is 477 g/mol. The van der Waals surface area contributed by atoms with Gasteiger partial charge in [-0.15, -0.1) is 11.3 Å². The molecule has 0 spiro atoms. The Balaban J connectivity index is 1.77. The zero-order valence-electron chi connectivity index (χ0n) is 22.4. The second kappa shape index (κ2) is 10.3. The summed E-state index contributed by atoms with van der Waals surface area (Å²) in [5.74, 6) is 0.